The fourth-order valence-electron chi connectivity index (χ4n) is 1.17. The lowest BCUT2D eigenvalue weighted by Crippen LogP contribution is -2.45. The quantitative estimate of drug-likeness (QED) is 0.672. The van der Waals surface area contributed by atoms with Crippen LogP contribution in [0, 0.1) is 0 Å². The molecule has 0 saturated carbocycles. The molecule has 1 unspecified atom stereocenters. The summed E-state index contributed by atoms with van der Waals surface area (Å²) in [6.07, 6.45) is 0. The molecule has 0 saturated heterocycles. The number of carbonyl (C=O) groups is 1. The van der Waals surface area contributed by atoms with Crippen molar-refractivity contribution in [2.24, 2.45) is 0 Å². The Hall–Kier alpha value is -0.640. The molecule has 4 heteroatoms. The van der Waals surface area contributed by atoms with Crippen LogP contribution in [0.4, 0.5) is 4.39 Å². The maximum Gasteiger partial charge on any atom is 0.239 e. The van der Waals surface area contributed by atoms with Crippen LogP contribution in [0.3, 0.4) is 0 Å². The molecule has 0 aromatic rings. The Morgan fingerprint density at radius 3 is 2.38 bits per heavy atom. The zero-order valence-electron chi connectivity index (χ0n) is 8.64. The Kier molecular flexibility index (Phi) is 6.49. The van der Waals surface area contributed by atoms with E-state index in [0.717, 1.165) is 0 Å². The van der Waals surface area contributed by atoms with Crippen molar-refractivity contribution in [2.45, 2.75) is 26.8 Å². The number of hydrogen-bond acceptors (Lipinski definition) is 2. The smallest absolute Gasteiger partial charge is 0.239 e. The first kappa shape index (κ1) is 12.4. The minimum atomic E-state index is -0.435. The SMILES string of the molecule is CCN(CC)C(=O)C(C)NCCF. The highest BCUT2D eigenvalue weighted by Crippen LogP contribution is 1.94. The minimum absolute atomic E-state index is 0.0402. The molecule has 0 heterocycles. The standard InChI is InChI=1S/C9H19FN2O/c1-4-12(5-2)9(13)8(3)11-7-6-10/h8,11H,4-7H2,1-3H3. The highest BCUT2D eigenvalue weighted by molar-refractivity contribution is 5.81. The molecule has 3 nitrogen and oxygen atoms in total. The summed E-state index contributed by atoms with van der Waals surface area (Å²) < 4.78 is 11.8. The summed E-state index contributed by atoms with van der Waals surface area (Å²) in [5.41, 5.74) is 0. The zero-order chi connectivity index (χ0) is 10.3. The van der Waals surface area contributed by atoms with Gasteiger partial charge < -0.3 is 10.2 Å². The molecular weight excluding hydrogens is 171 g/mol. The van der Waals surface area contributed by atoms with E-state index in [4.69, 9.17) is 0 Å². The third kappa shape index (κ3) is 4.22. The van der Waals surface area contributed by atoms with Gasteiger partial charge in [0, 0.05) is 19.6 Å². The lowest BCUT2D eigenvalue weighted by atomic mass is 10.3. The van der Waals surface area contributed by atoms with E-state index in [9.17, 15) is 9.18 Å². The predicted molar refractivity (Wildman–Crippen MR) is 51.4 cm³/mol. The summed E-state index contributed by atoms with van der Waals surface area (Å²) in [6.45, 7) is 6.85. The van der Waals surface area contributed by atoms with Crippen LogP contribution in [-0.4, -0.2) is 43.2 Å². The number of likely N-dealkylation sites (N-methyl/N-ethyl adjacent to an activating group) is 1. The van der Waals surface area contributed by atoms with Crippen molar-refractivity contribution in [3.63, 3.8) is 0 Å². The van der Waals surface area contributed by atoms with Crippen molar-refractivity contribution in [3.05, 3.63) is 0 Å². The van der Waals surface area contributed by atoms with Gasteiger partial charge in [0.15, 0.2) is 0 Å². The van der Waals surface area contributed by atoms with Crippen molar-refractivity contribution in [1.82, 2.24) is 10.2 Å². The lowest BCUT2D eigenvalue weighted by Gasteiger charge is -2.23. The van der Waals surface area contributed by atoms with E-state index in [1.54, 1.807) is 11.8 Å². The summed E-state index contributed by atoms with van der Waals surface area (Å²) in [6, 6.07) is -0.282. The third-order valence-corrected chi connectivity index (χ3v) is 1.99. The molecule has 13 heavy (non-hydrogen) atoms. The van der Waals surface area contributed by atoms with Gasteiger partial charge in [-0.3, -0.25) is 4.79 Å². The van der Waals surface area contributed by atoms with Crippen LogP contribution >= 0.6 is 0 Å². The first-order valence-electron chi connectivity index (χ1n) is 4.75. The third-order valence-electron chi connectivity index (χ3n) is 1.99. The molecule has 78 valence electrons. The van der Waals surface area contributed by atoms with E-state index in [0.29, 0.717) is 13.1 Å². The highest BCUT2D eigenvalue weighted by Gasteiger charge is 2.16. The fourth-order valence-corrected chi connectivity index (χ4v) is 1.17. The summed E-state index contributed by atoms with van der Waals surface area (Å²) in [4.78, 5) is 13.3. The second-order valence-electron chi connectivity index (χ2n) is 2.88. The molecule has 0 aliphatic rings. The van der Waals surface area contributed by atoms with E-state index in [2.05, 4.69) is 5.32 Å². The lowest BCUT2D eigenvalue weighted by molar-refractivity contribution is -0.132. The van der Waals surface area contributed by atoms with E-state index in [-0.39, 0.29) is 18.5 Å². The molecule has 0 spiro atoms. The number of amides is 1. The number of rotatable bonds is 6. The topological polar surface area (TPSA) is 32.3 Å². The Morgan fingerprint density at radius 2 is 2.00 bits per heavy atom. The van der Waals surface area contributed by atoms with Crippen molar-refractivity contribution < 1.29 is 9.18 Å². The van der Waals surface area contributed by atoms with Gasteiger partial charge in [-0.25, -0.2) is 4.39 Å². The molecular formula is C9H19FN2O. The molecule has 0 fully saturated rings. The molecule has 1 N–H and O–H groups in total. The Bertz CT molecular complexity index is 149. The number of nitrogens with zero attached hydrogens (tertiary/aromatic N) is 1. The van der Waals surface area contributed by atoms with E-state index >= 15 is 0 Å². The Balaban J connectivity index is 3.92. The monoisotopic (exact) mass is 190 g/mol. The molecule has 0 rings (SSSR count). The van der Waals surface area contributed by atoms with Crippen LogP contribution in [0.15, 0.2) is 0 Å². The van der Waals surface area contributed by atoms with Crippen molar-refractivity contribution in [1.29, 1.82) is 0 Å². The van der Waals surface area contributed by atoms with Gasteiger partial charge in [0.2, 0.25) is 5.91 Å². The normalized spacial score (nSPS) is 12.6. The summed E-state index contributed by atoms with van der Waals surface area (Å²) >= 11 is 0. The zero-order valence-corrected chi connectivity index (χ0v) is 8.64. The number of halogens is 1. The average molecular weight is 190 g/mol. The van der Waals surface area contributed by atoms with Crippen LogP contribution in [0.2, 0.25) is 0 Å². The molecule has 0 aromatic heterocycles. The Morgan fingerprint density at radius 1 is 1.46 bits per heavy atom. The van der Waals surface area contributed by atoms with Gasteiger partial charge in [0.05, 0.1) is 6.04 Å². The number of nitrogens with one attached hydrogen (secondary N) is 1. The van der Waals surface area contributed by atoms with E-state index < -0.39 is 6.67 Å². The van der Waals surface area contributed by atoms with Crippen LogP contribution < -0.4 is 5.32 Å². The maximum absolute atomic E-state index is 11.8. The van der Waals surface area contributed by atoms with Gasteiger partial charge in [0.1, 0.15) is 6.67 Å². The first-order chi connectivity index (χ1) is 6.17. The van der Waals surface area contributed by atoms with Crippen LogP contribution in [-0.2, 0) is 4.79 Å². The molecule has 1 amide bonds. The predicted octanol–water partition coefficient (Wildman–Crippen LogP) is 0.802. The summed E-state index contributed by atoms with van der Waals surface area (Å²) in [5, 5.41) is 2.81. The second kappa shape index (κ2) is 6.83. The van der Waals surface area contributed by atoms with Crippen molar-refractivity contribution in [2.75, 3.05) is 26.3 Å². The largest absolute Gasteiger partial charge is 0.342 e. The minimum Gasteiger partial charge on any atom is -0.342 e. The molecule has 0 aromatic carbocycles. The van der Waals surface area contributed by atoms with Gasteiger partial charge in [-0.1, -0.05) is 0 Å². The molecule has 0 aliphatic heterocycles. The first-order valence-corrected chi connectivity index (χ1v) is 4.75. The fraction of sp³-hybridized carbons (Fsp3) is 0.889. The molecule has 0 bridgehead atoms. The molecule has 0 aliphatic carbocycles. The number of hydrogen-bond donors (Lipinski definition) is 1. The maximum atomic E-state index is 11.8. The Labute approximate surface area is 79.3 Å². The summed E-state index contributed by atoms with van der Waals surface area (Å²) in [7, 11) is 0. The van der Waals surface area contributed by atoms with E-state index in [1.807, 2.05) is 13.8 Å². The van der Waals surface area contributed by atoms with Gasteiger partial charge in [-0.2, -0.15) is 0 Å². The number of carbonyl (C=O) groups excluding carboxylic acids is 1. The van der Waals surface area contributed by atoms with Crippen LogP contribution in [0.25, 0.3) is 0 Å². The average Bonchev–Trinajstić information content (AvgIpc) is 2.15. The van der Waals surface area contributed by atoms with Gasteiger partial charge in [0.25, 0.3) is 0 Å². The highest BCUT2D eigenvalue weighted by atomic mass is 19.1. The van der Waals surface area contributed by atoms with Gasteiger partial charge >= 0.3 is 0 Å². The van der Waals surface area contributed by atoms with Gasteiger partial charge in [-0.15, -0.1) is 0 Å². The van der Waals surface area contributed by atoms with E-state index in [1.165, 1.54) is 0 Å². The van der Waals surface area contributed by atoms with Crippen molar-refractivity contribution >= 4 is 5.91 Å². The van der Waals surface area contributed by atoms with Crippen LogP contribution in [0.5, 0.6) is 0 Å². The van der Waals surface area contributed by atoms with Gasteiger partial charge in [-0.05, 0) is 20.8 Å². The molecule has 1 atom stereocenters. The van der Waals surface area contributed by atoms with Crippen molar-refractivity contribution in [3.8, 4) is 0 Å². The summed E-state index contributed by atoms with van der Waals surface area (Å²) in [5.74, 6) is 0.0402. The van der Waals surface area contributed by atoms with Crippen LogP contribution in [0.1, 0.15) is 20.8 Å². The second-order valence-corrected chi connectivity index (χ2v) is 2.88. The molecule has 0 radical (unpaired) electrons. The number of alkyl halides is 1.